The maximum atomic E-state index is 5.84. The van der Waals surface area contributed by atoms with E-state index in [4.69, 9.17) is 17.0 Å². The molecule has 32 heavy (non-hydrogen) atoms. The zero-order valence-corrected chi connectivity index (χ0v) is 18.8. The SMILES string of the molecule is COc1ccc(N2C(=S)N[C@@H](c3ccccn3)[C@@H]2c2cccn2-c2ccc(C)cc2)cc1. The first-order chi connectivity index (χ1) is 15.7. The lowest BCUT2D eigenvalue weighted by Crippen LogP contribution is -2.30. The molecule has 4 aromatic rings. The van der Waals surface area contributed by atoms with Crippen LogP contribution in [0.3, 0.4) is 0 Å². The quantitative estimate of drug-likeness (QED) is 0.423. The Bertz CT molecular complexity index is 1220. The van der Waals surface area contributed by atoms with Gasteiger partial charge in [0.05, 0.1) is 18.8 Å². The molecule has 1 aliphatic heterocycles. The average Bonchev–Trinajstić information content (AvgIpc) is 3.44. The Hall–Kier alpha value is -3.64. The summed E-state index contributed by atoms with van der Waals surface area (Å²) in [6.45, 7) is 2.10. The van der Waals surface area contributed by atoms with Crippen LogP contribution in [0.5, 0.6) is 5.75 Å². The first kappa shape index (κ1) is 20.3. The summed E-state index contributed by atoms with van der Waals surface area (Å²) < 4.78 is 7.58. The number of aryl methyl sites for hydroxylation is 1. The zero-order chi connectivity index (χ0) is 22.1. The van der Waals surface area contributed by atoms with Gasteiger partial charge in [-0.1, -0.05) is 23.8 Å². The van der Waals surface area contributed by atoms with Crippen molar-refractivity contribution in [3.63, 3.8) is 0 Å². The normalized spacial score (nSPS) is 17.9. The van der Waals surface area contributed by atoms with E-state index < -0.39 is 0 Å². The van der Waals surface area contributed by atoms with Crippen LogP contribution in [0.25, 0.3) is 5.69 Å². The van der Waals surface area contributed by atoms with Gasteiger partial charge in [0.1, 0.15) is 11.8 Å². The van der Waals surface area contributed by atoms with Gasteiger partial charge in [0.2, 0.25) is 0 Å². The molecule has 0 amide bonds. The van der Waals surface area contributed by atoms with Crippen molar-refractivity contribution in [1.82, 2.24) is 14.9 Å². The molecule has 5 nitrogen and oxygen atoms in total. The van der Waals surface area contributed by atoms with Gasteiger partial charge < -0.3 is 19.5 Å². The third-order valence-corrected chi connectivity index (χ3v) is 6.16. The van der Waals surface area contributed by atoms with Crippen LogP contribution in [0.2, 0.25) is 0 Å². The molecule has 0 spiro atoms. The highest BCUT2D eigenvalue weighted by atomic mass is 32.1. The second-order valence-corrected chi connectivity index (χ2v) is 8.22. The van der Waals surface area contributed by atoms with Crippen molar-refractivity contribution in [3.8, 4) is 11.4 Å². The van der Waals surface area contributed by atoms with E-state index in [1.165, 1.54) is 5.56 Å². The van der Waals surface area contributed by atoms with Gasteiger partial charge in [-0.2, -0.15) is 0 Å². The molecule has 0 unspecified atom stereocenters. The number of aromatic nitrogens is 2. The summed E-state index contributed by atoms with van der Waals surface area (Å²) >= 11 is 5.84. The van der Waals surface area contributed by atoms with Crippen LogP contribution in [0, 0.1) is 6.92 Å². The van der Waals surface area contributed by atoms with Crippen molar-refractivity contribution < 1.29 is 4.74 Å². The minimum atomic E-state index is -0.0927. The predicted molar refractivity (Wildman–Crippen MR) is 131 cm³/mol. The monoisotopic (exact) mass is 440 g/mol. The van der Waals surface area contributed by atoms with Crippen molar-refractivity contribution >= 4 is 23.0 Å². The molecule has 160 valence electrons. The lowest BCUT2D eigenvalue weighted by Gasteiger charge is -2.29. The Morgan fingerprint density at radius 1 is 0.906 bits per heavy atom. The Morgan fingerprint density at radius 3 is 2.34 bits per heavy atom. The highest BCUT2D eigenvalue weighted by Gasteiger charge is 2.42. The number of ether oxygens (including phenoxy) is 1. The van der Waals surface area contributed by atoms with E-state index in [1.807, 2.05) is 48.7 Å². The lowest BCUT2D eigenvalue weighted by atomic mass is 10.0. The molecule has 1 saturated heterocycles. The van der Waals surface area contributed by atoms with Crippen LogP contribution >= 0.6 is 12.2 Å². The second kappa shape index (κ2) is 8.48. The van der Waals surface area contributed by atoms with Crippen LogP contribution in [-0.4, -0.2) is 21.8 Å². The molecular formula is C26H24N4OS. The molecule has 0 radical (unpaired) electrons. The van der Waals surface area contributed by atoms with E-state index >= 15 is 0 Å². The number of benzene rings is 2. The molecule has 2 aromatic heterocycles. The summed E-state index contributed by atoms with van der Waals surface area (Å²) in [5.41, 5.74) is 5.43. The molecule has 1 aliphatic rings. The third kappa shape index (κ3) is 3.63. The van der Waals surface area contributed by atoms with Gasteiger partial charge >= 0.3 is 0 Å². The number of hydrogen-bond acceptors (Lipinski definition) is 3. The van der Waals surface area contributed by atoms with Crippen LogP contribution in [0.1, 0.15) is 29.0 Å². The van der Waals surface area contributed by atoms with E-state index in [9.17, 15) is 0 Å². The first-order valence-corrected chi connectivity index (χ1v) is 11.0. The van der Waals surface area contributed by atoms with Gasteiger partial charge in [-0.05, 0) is 79.8 Å². The Balaban J connectivity index is 1.64. The fourth-order valence-corrected chi connectivity index (χ4v) is 4.60. The number of pyridine rings is 1. The summed E-state index contributed by atoms with van der Waals surface area (Å²) in [5, 5.41) is 4.20. The van der Waals surface area contributed by atoms with Gasteiger partial charge in [-0.15, -0.1) is 0 Å². The minimum Gasteiger partial charge on any atom is -0.497 e. The standard InChI is InChI=1S/C26H24N4OS/c1-18-8-10-19(11-9-18)29-17-5-7-23(29)25-24(22-6-3-4-16-27-22)28-26(32)30(25)20-12-14-21(31-2)15-13-20/h3-17,24-25H,1-2H3,(H,28,32)/t24-,25-/m0/s1. The number of nitrogens with zero attached hydrogens (tertiary/aromatic N) is 3. The first-order valence-electron chi connectivity index (χ1n) is 10.5. The van der Waals surface area contributed by atoms with Crippen molar-refractivity contribution in [2.45, 2.75) is 19.0 Å². The van der Waals surface area contributed by atoms with E-state index in [-0.39, 0.29) is 12.1 Å². The van der Waals surface area contributed by atoms with Crippen molar-refractivity contribution in [1.29, 1.82) is 0 Å². The van der Waals surface area contributed by atoms with Gasteiger partial charge in [0.15, 0.2) is 5.11 Å². The molecular weight excluding hydrogens is 416 g/mol. The Kier molecular flexibility index (Phi) is 5.37. The second-order valence-electron chi connectivity index (χ2n) is 7.83. The maximum Gasteiger partial charge on any atom is 0.174 e. The van der Waals surface area contributed by atoms with E-state index in [0.29, 0.717) is 5.11 Å². The number of rotatable bonds is 5. The highest BCUT2D eigenvalue weighted by molar-refractivity contribution is 7.80. The molecule has 2 aromatic carbocycles. The molecule has 2 atom stereocenters. The van der Waals surface area contributed by atoms with Crippen molar-refractivity contribution in [3.05, 3.63) is 108 Å². The molecule has 0 aliphatic carbocycles. The summed E-state index contributed by atoms with van der Waals surface area (Å²) in [5.74, 6) is 0.813. The fourth-order valence-electron chi connectivity index (χ4n) is 4.25. The number of anilines is 1. The van der Waals surface area contributed by atoms with Gasteiger partial charge in [0, 0.05) is 29.5 Å². The minimum absolute atomic E-state index is 0.0814. The Labute approximate surface area is 193 Å². The number of methoxy groups -OCH3 is 1. The summed E-state index contributed by atoms with van der Waals surface area (Å²) in [4.78, 5) is 6.82. The molecule has 1 N–H and O–H groups in total. The van der Waals surface area contributed by atoms with Crippen LogP contribution in [0.4, 0.5) is 5.69 Å². The highest BCUT2D eigenvalue weighted by Crippen LogP contribution is 2.42. The van der Waals surface area contributed by atoms with Crippen molar-refractivity contribution in [2.75, 3.05) is 12.0 Å². The smallest absolute Gasteiger partial charge is 0.174 e. The van der Waals surface area contributed by atoms with Crippen LogP contribution in [-0.2, 0) is 0 Å². The summed E-state index contributed by atoms with van der Waals surface area (Å²) in [6, 6.07) is 26.6. The molecule has 0 saturated carbocycles. The lowest BCUT2D eigenvalue weighted by molar-refractivity contribution is 0.415. The maximum absolute atomic E-state index is 5.84. The van der Waals surface area contributed by atoms with E-state index in [0.717, 1.165) is 28.5 Å². The molecule has 3 heterocycles. The number of thiocarbonyl (C=S) groups is 1. The average molecular weight is 441 g/mol. The van der Waals surface area contributed by atoms with Gasteiger partial charge in [-0.3, -0.25) is 4.98 Å². The summed E-state index contributed by atoms with van der Waals surface area (Å²) in [7, 11) is 1.67. The van der Waals surface area contributed by atoms with E-state index in [2.05, 4.69) is 69.3 Å². The predicted octanol–water partition coefficient (Wildman–Crippen LogP) is 5.37. The van der Waals surface area contributed by atoms with Gasteiger partial charge in [-0.25, -0.2) is 0 Å². The molecule has 6 heteroatoms. The largest absolute Gasteiger partial charge is 0.497 e. The van der Waals surface area contributed by atoms with Crippen molar-refractivity contribution in [2.24, 2.45) is 0 Å². The molecule has 1 fully saturated rings. The number of nitrogens with one attached hydrogen (secondary N) is 1. The van der Waals surface area contributed by atoms with E-state index in [1.54, 1.807) is 7.11 Å². The molecule has 0 bridgehead atoms. The molecule has 5 rings (SSSR count). The Morgan fingerprint density at radius 2 is 1.66 bits per heavy atom. The van der Waals surface area contributed by atoms with Crippen LogP contribution < -0.4 is 15.0 Å². The third-order valence-electron chi connectivity index (χ3n) is 5.84. The zero-order valence-electron chi connectivity index (χ0n) is 18.0. The number of hydrogen-bond donors (Lipinski definition) is 1. The fraction of sp³-hybridized carbons (Fsp3) is 0.154. The summed E-state index contributed by atoms with van der Waals surface area (Å²) in [6.07, 6.45) is 3.93. The van der Waals surface area contributed by atoms with Crippen LogP contribution in [0.15, 0.2) is 91.3 Å². The van der Waals surface area contributed by atoms with Gasteiger partial charge in [0.25, 0.3) is 0 Å². The topological polar surface area (TPSA) is 42.3 Å².